The van der Waals surface area contributed by atoms with Gasteiger partial charge in [-0.25, -0.2) is 4.79 Å². The number of fused-ring (bicyclic) bond motifs is 1. The molecule has 164 valence electrons. The second-order valence-corrected chi connectivity index (χ2v) is 7.98. The van der Waals surface area contributed by atoms with Crippen LogP contribution in [0.25, 0.3) is 6.08 Å². The number of amides is 2. The number of methoxy groups -OCH3 is 2. The van der Waals surface area contributed by atoms with Gasteiger partial charge >= 0.3 is 5.97 Å². The third kappa shape index (κ3) is 5.43. The summed E-state index contributed by atoms with van der Waals surface area (Å²) in [5, 5.41) is 3.07. The van der Waals surface area contributed by atoms with Gasteiger partial charge in [-0.1, -0.05) is 0 Å². The number of hydrogen-bond donors (Lipinski definition) is 2. The predicted octanol–water partition coefficient (Wildman–Crippen LogP) is 2.94. The number of thiophene rings is 1. The highest BCUT2D eigenvalue weighted by molar-refractivity contribution is 7.17. The van der Waals surface area contributed by atoms with Crippen LogP contribution < -0.4 is 20.5 Å². The molecule has 1 aromatic heterocycles. The highest BCUT2D eigenvalue weighted by Gasteiger charge is 2.25. The van der Waals surface area contributed by atoms with Gasteiger partial charge in [0.15, 0.2) is 6.61 Å². The van der Waals surface area contributed by atoms with E-state index >= 15 is 0 Å². The first-order valence-electron chi connectivity index (χ1n) is 9.74. The molecule has 1 aliphatic carbocycles. The molecule has 0 bridgehead atoms. The maximum absolute atomic E-state index is 12.3. The van der Waals surface area contributed by atoms with E-state index in [1.807, 2.05) is 0 Å². The largest absolute Gasteiger partial charge is 0.497 e. The van der Waals surface area contributed by atoms with Crippen LogP contribution in [0.5, 0.6) is 11.5 Å². The van der Waals surface area contributed by atoms with Crippen molar-refractivity contribution in [3.63, 3.8) is 0 Å². The first kappa shape index (κ1) is 22.4. The molecule has 1 aromatic carbocycles. The zero-order valence-electron chi connectivity index (χ0n) is 17.4. The topological polar surface area (TPSA) is 117 Å². The minimum Gasteiger partial charge on any atom is -0.497 e. The smallest absolute Gasteiger partial charge is 0.331 e. The highest BCUT2D eigenvalue weighted by Crippen LogP contribution is 2.37. The summed E-state index contributed by atoms with van der Waals surface area (Å²) in [6.45, 7) is -0.487. The second-order valence-electron chi connectivity index (χ2n) is 6.88. The van der Waals surface area contributed by atoms with Crippen LogP contribution in [0.3, 0.4) is 0 Å². The molecule has 31 heavy (non-hydrogen) atoms. The lowest BCUT2D eigenvalue weighted by molar-refractivity contribution is -0.142. The quantitative estimate of drug-likeness (QED) is 0.478. The zero-order valence-corrected chi connectivity index (χ0v) is 18.2. The standard InChI is InChI=1S/C22H24N2O6S/c1-28-14-8-9-16(29-2)13(11-14)7-10-19(26)30-12-18(25)24-22-20(21(23)27)15-5-3-4-6-17(15)31-22/h7-11H,3-6,12H2,1-2H3,(H2,23,27)(H,24,25)/b10-7+. The zero-order chi connectivity index (χ0) is 22.4. The molecule has 3 N–H and O–H groups in total. The molecular weight excluding hydrogens is 420 g/mol. The first-order chi connectivity index (χ1) is 14.9. The molecule has 0 aliphatic heterocycles. The molecule has 1 heterocycles. The van der Waals surface area contributed by atoms with Crippen molar-refractivity contribution in [2.45, 2.75) is 25.7 Å². The van der Waals surface area contributed by atoms with E-state index in [1.54, 1.807) is 18.2 Å². The summed E-state index contributed by atoms with van der Waals surface area (Å²) < 4.78 is 15.4. The van der Waals surface area contributed by atoms with E-state index < -0.39 is 24.4 Å². The molecular formula is C22H24N2O6S. The first-order valence-corrected chi connectivity index (χ1v) is 10.6. The van der Waals surface area contributed by atoms with Crippen molar-refractivity contribution in [2.24, 2.45) is 5.73 Å². The molecule has 0 unspecified atom stereocenters. The molecule has 8 nitrogen and oxygen atoms in total. The van der Waals surface area contributed by atoms with Crippen LogP contribution in [-0.4, -0.2) is 38.6 Å². The number of carbonyl (C=O) groups excluding carboxylic acids is 3. The molecule has 0 saturated heterocycles. The van der Waals surface area contributed by atoms with Gasteiger partial charge in [-0.05, 0) is 55.5 Å². The average Bonchev–Trinajstić information content (AvgIpc) is 3.13. The summed E-state index contributed by atoms with van der Waals surface area (Å²) in [5.74, 6) is -0.635. The average molecular weight is 445 g/mol. The Morgan fingerprint density at radius 2 is 1.94 bits per heavy atom. The Labute approximate surface area is 184 Å². The van der Waals surface area contributed by atoms with E-state index in [0.717, 1.165) is 36.1 Å². The van der Waals surface area contributed by atoms with Crippen LogP contribution in [0.4, 0.5) is 5.00 Å². The maximum atomic E-state index is 12.3. The van der Waals surface area contributed by atoms with Gasteiger partial charge in [-0.2, -0.15) is 0 Å². The molecule has 2 amide bonds. The monoisotopic (exact) mass is 444 g/mol. The number of benzene rings is 1. The predicted molar refractivity (Wildman–Crippen MR) is 118 cm³/mol. The summed E-state index contributed by atoms with van der Waals surface area (Å²) in [6, 6.07) is 5.16. The number of carbonyl (C=O) groups is 3. The molecule has 2 aromatic rings. The summed E-state index contributed by atoms with van der Waals surface area (Å²) in [5.41, 5.74) is 7.43. The molecule has 0 saturated carbocycles. The van der Waals surface area contributed by atoms with Crippen LogP contribution in [0.2, 0.25) is 0 Å². The van der Waals surface area contributed by atoms with Gasteiger partial charge < -0.3 is 25.3 Å². The maximum Gasteiger partial charge on any atom is 0.331 e. The fourth-order valence-electron chi connectivity index (χ4n) is 3.39. The number of rotatable bonds is 8. The van der Waals surface area contributed by atoms with E-state index in [4.69, 9.17) is 19.9 Å². The molecule has 0 radical (unpaired) electrons. The van der Waals surface area contributed by atoms with Crippen molar-refractivity contribution in [3.05, 3.63) is 45.8 Å². The summed E-state index contributed by atoms with van der Waals surface area (Å²) in [4.78, 5) is 37.3. The third-order valence-corrected chi connectivity index (χ3v) is 6.06. The highest BCUT2D eigenvalue weighted by atomic mass is 32.1. The summed E-state index contributed by atoms with van der Waals surface area (Å²) in [7, 11) is 3.06. The van der Waals surface area contributed by atoms with Crippen LogP contribution in [-0.2, 0) is 27.2 Å². The number of ether oxygens (including phenoxy) is 3. The fraction of sp³-hybridized carbons (Fsp3) is 0.318. The lowest BCUT2D eigenvalue weighted by atomic mass is 9.95. The van der Waals surface area contributed by atoms with E-state index in [9.17, 15) is 14.4 Å². The minimum absolute atomic E-state index is 0.365. The van der Waals surface area contributed by atoms with Gasteiger partial charge in [0.25, 0.3) is 11.8 Å². The van der Waals surface area contributed by atoms with E-state index in [2.05, 4.69) is 5.32 Å². The minimum atomic E-state index is -0.694. The van der Waals surface area contributed by atoms with E-state index in [-0.39, 0.29) is 0 Å². The van der Waals surface area contributed by atoms with Crippen molar-refractivity contribution in [1.82, 2.24) is 0 Å². The van der Waals surface area contributed by atoms with Gasteiger partial charge in [0.05, 0.1) is 19.8 Å². The van der Waals surface area contributed by atoms with Gasteiger partial charge in [0.2, 0.25) is 0 Å². The van der Waals surface area contributed by atoms with E-state index in [0.29, 0.717) is 27.6 Å². The SMILES string of the molecule is COc1ccc(OC)c(/C=C/C(=O)OCC(=O)Nc2sc3c(c2C(N)=O)CCCC3)c1. The van der Waals surface area contributed by atoms with Crippen LogP contribution in [0.1, 0.15) is 39.2 Å². The van der Waals surface area contributed by atoms with E-state index in [1.165, 1.54) is 37.7 Å². The van der Waals surface area contributed by atoms with Gasteiger partial charge in [-0.15, -0.1) is 11.3 Å². The molecule has 0 spiro atoms. The second kappa shape index (κ2) is 10.1. The Balaban J connectivity index is 1.60. The van der Waals surface area contributed by atoms with Crippen LogP contribution in [0, 0.1) is 0 Å². The Kier molecular flexibility index (Phi) is 7.30. The van der Waals surface area contributed by atoms with Crippen LogP contribution in [0.15, 0.2) is 24.3 Å². The number of nitrogens with one attached hydrogen (secondary N) is 1. The van der Waals surface area contributed by atoms with Gasteiger partial charge in [-0.3, -0.25) is 9.59 Å². The molecule has 9 heteroatoms. The molecule has 0 fully saturated rings. The number of aryl methyl sites for hydroxylation is 1. The lowest BCUT2D eigenvalue weighted by Crippen LogP contribution is -2.22. The summed E-state index contributed by atoms with van der Waals surface area (Å²) >= 11 is 1.35. The Morgan fingerprint density at radius 3 is 2.65 bits per heavy atom. The Bertz CT molecular complexity index is 1030. The molecule has 0 atom stereocenters. The number of hydrogen-bond acceptors (Lipinski definition) is 7. The summed E-state index contributed by atoms with van der Waals surface area (Å²) in [6.07, 6.45) is 6.38. The van der Waals surface area contributed by atoms with Crippen molar-refractivity contribution in [3.8, 4) is 11.5 Å². The van der Waals surface area contributed by atoms with Crippen molar-refractivity contribution >= 4 is 40.2 Å². The van der Waals surface area contributed by atoms with Crippen molar-refractivity contribution in [2.75, 3.05) is 26.1 Å². The third-order valence-electron chi connectivity index (χ3n) is 4.85. The Hall–Kier alpha value is -3.33. The number of anilines is 1. The van der Waals surface area contributed by atoms with Gasteiger partial charge in [0, 0.05) is 16.5 Å². The van der Waals surface area contributed by atoms with Gasteiger partial charge in [0.1, 0.15) is 16.5 Å². The molecule has 1 aliphatic rings. The number of primary amides is 1. The van der Waals surface area contributed by atoms with Crippen LogP contribution >= 0.6 is 11.3 Å². The van der Waals surface area contributed by atoms with Crippen molar-refractivity contribution in [1.29, 1.82) is 0 Å². The number of esters is 1. The molecule has 3 rings (SSSR count). The Morgan fingerprint density at radius 1 is 1.16 bits per heavy atom. The fourth-order valence-corrected chi connectivity index (χ4v) is 4.70. The lowest BCUT2D eigenvalue weighted by Gasteiger charge is -2.11. The van der Waals surface area contributed by atoms with Crippen molar-refractivity contribution < 1.29 is 28.6 Å². The number of nitrogens with two attached hydrogens (primary N) is 1. The normalized spacial score (nSPS) is 12.8.